The van der Waals surface area contributed by atoms with Crippen LogP contribution in [0, 0.1) is 17.6 Å². The summed E-state index contributed by atoms with van der Waals surface area (Å²) in [6, 6.07) is 10.9. The van der Waals surface area contributed by atoms with Gasteiger partial charge in [0.25, 0.3) is 0 Å². The number of likely N-dealkylation sites (N-methyl/N-ethyl adjacent to an activating group) is 1. The zero-order valence-corrected chi connectivity index (χ0v) is 23.9. The number of aromatic nitrogens is 2. The molecular weight excluding hydrogens is 570 g/mol. The number of hydrogen-bond acceptors (Lipinski definition) is 7. The molecule has 2 aliphatic rings. The quantitative estimate of drug-likeness (QED) is 0.177. The average molecular weight is 601 g/mol. The van der Waals surface area contributed by atoms with E-state index in [-0.39, 0.29) is 36.1 Å². The fraction of sp³-hybridized carbons (Fsp3) is 0.250. The van der Waals surface area contributed by atoms with E-state index in [0.717, 1.165) is 32.2 Å². The Balaban J connectivity index is 1.15. The summed E-state index contributed by atoms with van der Waals surface area (Å²) in [5, 5.41) is 3.04. The largest absolute Gasteiger partial charge is 0.453 e. The van der Waals surface area contributed by atoms with Gasteiger partial charge in [-0.05, 0) is 49.5 Å². The summed E-state index contributed by atoms with van der Waals surface area (Å²) in [5.74, 6) is -3.42. The molecule has 4 aromatic rings. The first-order chi connectivity index (χ1) is 21.3. The third-order valence-corrected chi connectivity index (χ3v) is 7.79. The maximum atomic E-state index is 15.2. The van der Waals surface area contributed by atoms with Gasteiger partial charge in [-0.2, -0.15) is 0 Å². The molecule has 0 radical (unpaired) electrons. The van der Waals surface area contributed by atoms with E-state index in [4.69, 9.17) is 4.74 Å². The Bertz CT molecular complexity index is 1750. The molecule has 1 atom stereocenters. The van der Waals surface area contributed by atoms with Crippen molar-refractivity contribution in [1.29, 1.82) is 0 Å². The Morgan fingerprint density at radius 1 is 1.05 bits per heavy atom. The molecule has 1 saturated heterocycles. The van der Waals surface area contributed by atoms with Gasteiger partial charge in [0.05, 0.1) is 11.9 Å². The minimum absolute atomic E-state index is 0.0958. The van der Waals surface area contributed by atoms with E-state index in [1.54, 1.807) is 18.3 Å². The number of fused-ring (bicyclic) bond motifs is 1. The lowest BCUT2D eigenvalue weighted by atomic mass is 10.0. The van der Waals surface area contributed by atoms with Crippen molar-refractivity contribution in [3.8, 4) is 11.5 Å². The van der Waals surface area contributed by atoms with Crippen LogP contribution in [0.5, 0.6) is 11.5 Å². The molecular formula is C32H30F2N6O4. The lowest BCUT2D eigenvalue weighted by Gasteiger charge is -2.31. The van der Waals surface area contributed by atoms with Gasteiger partial charge in [0.15, 0.2) is 17.3 Å². The van der Waals surface area contributed by atoms with Crippen LogP contribution >= 0.6 is 0 Å². The standard InChI is InChI=1S/C32H30F2N6O4/c1-38-13-15-39(16-14-38)19-26(41)24-18-36-30-29(24)28(10-11-35-30)44-27-9-6-21(17-25(27)34)37-31(42)23-3-2-12-40(32(23)43)22-7-4-20(33)5-8-22/h2-11,17-18,23H,12-16,19H2,1H3,(H,35,36)(H,37,42). The molecule has 4 heterocycles. The third kappa shape index (κ3) is 6.08. The molecule has 1 fully saturated rings. The second-order valence-corrected chi connectivity index (χ2v) is 10.8. The molecule has 2 N–H and O–H groups in total. The Labute approximate surface area is 251 Å². The number of H-pyrrole nitrogens is 1. The summed E-state index contributed by atoms with van der Waals surface area (Å²) in [6.45, 7) is 3.83. The van der Waals surface area contributed by atoms with E-state index >= 15 is 4.39 Å². The van der Waals surface area contributed by atoms with Crippen molar-refractivity contribution >= 4 is 40.0 Å². The van der Waals surface area contributed by atoms with Gasteiger partial charge in [-0.1, -0.05) is 12.2 Å². The highest BCUT2D eigenvalue weighted by Crippen LogP contribution is 2.34. The molecule has 2 aliphatic heterocycles. The van der Waals surface area contributed by atoms with Crippen molar-refractivity contribution < 1.29 is 27.9 Å². The zero-order chi connectivity index (χ0) is 30.8. The maximum Gasteiger partial charge on any atom is 0.243 e. The first kappa shape index (κ1) is 29.1. The first-order valence-corrected chi connectivity index (χ1v) is 14.2. The highest BCUT2D eigenvalue weighted by molar-refractivity contribution is 6.14. The van der Waals surface area contributed by atoms with Crippen LogP contribution in [0.3, 0.4) is 0 Å². The van der Waals surface area contributed by atoms with Gasteiger partial charge >= 0.3 is 0 Å². The molecule has 0 spiro atoms. The number of aromatic amines is 1. The number of nitrogens with zero attached hydrogens (tertiary/aromatic N) is 4. The summed E-state index contributed by atoms with van der Waals surface area (Å²) in [4.78, 5) is 52.3. The SMILES string of the molecule is CN1CCN(CC(=O)c2c[nH]c3nccc(Oc4ccc(NC(=O)C5C=CCN(c6ccc(F)cc6)C5=O)cc4F)c23)CC1. The third-order valence-electron chi connectivity index (χ3n) is 7.79. The Morgan fingerprint density at radius 3 is 2.57 bits per heavy atom. The van der Waals surface area contributed by atoms with Crippen molar-refractivity contribution in [1.82, 2.24) is 19.8 Å². The second kappa shape index (κ2) is 12.3. The highest BCUT2D eigenvalue weighted by Gasteiger charge is 2.32. The number of hydrogen-bond donors (Lipinski definition) is 2. The Kier molecular flexibility index (Phi) is 8.18. The van der Waals surface area contributed by atoms with Crippen molar-refractivity contribution in [2.45, 2.75) is 0 Å². The average Bonchev–Trinajstić information content (AvgIpc) is 3.46. The van der Waals surface area contributed by atoms with Crippen molar-refractivity contribution in [2.24, 2.45) is 5.92 Å². The maximum absolute atomic E-state index is 15.2. The van der Waals surface area contributed by atoms with Gasteiger partial charge in [-0.15, -0.1) is 0 Å². The van der Waals surface area contributed by atoms with E-state index in [0.29, 0.717) is 22.3 Å². The van der Waals surface area contributed by atoms with Crippen LogP contribution in [0.4, 0.5) is 20.2 Å². The molecule has 226 valence electrons. The molecule has 2 amide bonds. The number of Topliss-reactive ketones (excluding diaryl/α,β-unsaturated/α-hetero) is 1. The summed E-state index contributed by atoms with van der Waals surface area (Å²) < 4.78 is 34.5. The molecule has 0 bridgehead atoms. The summed E-state index contributed by atoms with van der Waals surface area (Å²) >= 11 is 0. The Hall–Kier alpha value is -4.94. The van der Waals surface area contributed by atoms with Gasteiger partial charge in [0.2, 0.25) is 11.8 Å². The number of pyridine rings is 1. The molecule has 0 aliphatic carbocycles. The van der Waals surface area contributed by atoms with E-state index in [1.165, 1.54) is 53.6 Å². The van der Waals surface area contributed by atoms with Crippen LogP contribution in [0.15, 0.2) is 73.1 Å². The van der Waals surface area contributed by atoms with E-state index in [1.807, 2.05) is 7.05 Å². The minimum atomic E-state index is -1.15. The topological polar surface area (TPSA) is 111 Å². The predicted octanol–water partition coefficient (Wildman–Crippen LogP) is 4.22. The van der Waals surface area contributed by atoms with E-state index < -0.39 is 29.4 Å². The van der Waals surface area contributed by atoms with E-state index in [9.17, 15) is 18.8 Å². The van der Waals surface area contributed by atoms with Crippen LogP contribution in [-0.4, -0.2) is 83.7 Å². The van der Waals surface area contributed by atoms with Gasteiger partial charge in [-0.3, -0.25) is 19.3 Å². The molecule has 2 aromatic heterocycles. The first-order valence-electron chi connectivity index (χ1n) is 14.2. The van der Waals surface area contributed by atoms with Gasteiger partial charge in [0.1, 0.15) is 23.1 Å². The van der Waals surface area contributed by atoms with Crippen molar-refractivity contribution in [3.63, 3.8) is 0 Å². The number of ether oxygens (including phenoxy) is 1. The summed E-state index contributed by atoms with van der Waals surface area (Å²) in [6.07, 6.45) is 6.25. The molecule has 44 heavy (non-hydrogen) atoms. The molecule has 1 unspecified atom stereocenters. The lowest BCUT2D eigenvalue weighted by Crippen LogP contribution is -2.46. The van der Waals surface area contributed by atoms with Crippen LogP contribution in [0.2, 0.25) is 0 Å². The number of halogens is 2. The number of carbonyl (C=O) groups excluding carboxylic acids is 3. The van der Waals surface area contributed by atoms with Crippen molar-refractivity contribution in [3.05, 3.63) is 90.3 Å². The fourth-order valence-corrected chi connectivity index (χ4v) is 5.32. The number of nitrogens with one attached hydrogen (secondary N) is 2. The minimum Gasteiger partial charge on any atom is -0.453 e. The monoisotopic (exact) mass is 600 g/mol. The van der Waals surface area contributed by atoms with Crippen molar-refractivity contribution in [2.75, 3.05) is 56.5 Å². The van der Waals surface area contributed by atoms with Gasteiger partial charge < -0.3 is 24.8 Å². The molecule has 2 aromatic carbocycles. The number of anilines is 2. The fourth-order valence-electron chi connectivity index (χ4n) is 5.32. The van der Waals surface area contributed by atoms with Crippen LogP contribution in [0.25, 0.3) is 11.0 Å². The number of ketones is 1. The summed E-state index contributed by atoms with van der Waals surface area (Å²) in [5.41, 5.74) is 1.44. The number of rotatable bonds is 8. The second-order valence-electron chi connectivity index (χ2n) is 10.8. The predicted molar refractivity (Wildman–Crippen MR) is 161 cm³/mol. The number of benzene rings is 2. The smallest absolute Gasteiger partial charge is 0.243 e. The molecule has 10 nitrogen and oxygen atoms in total. The van der Waals surface area contributed by atoms with Crippen LogP contribution < -0.4 is 15.0 Å². The Morgan fingerprint density at radius 2 is 1.82 bits per heavy atom. The lowest BCUT2D eigenvalue weighted by molar-refractivity contribution is -0.129. The number of carbonyl (C=O) groups is 3. The summed E-state index contributed by atoms with van der Waals surface area (Å²) in [7, 11) is 2.05. The molecule has 0 saturated carbocycles. The van der Waals surface area contributed by atoms with Gasteiger partial charge in [-0.25, -0.2) is 13.8 Å². The normalized spacial score (nSPS) is 17.7. The molecule has 12 heteroatoms. The highest BCUT2D eigenvalue weighted by atomic mass is 19.1. The van der Waals surface area contributed by atoms with Crippen LogP contribution in [0.1, 0.15) is 10.4 Å². The number of amides is 2. The van der Waals surface area contributed by atoms with Crippen LogP contribution in [-0.2, 0) is 9.59 Å². The van der Waals surface area contributed by atoms with Gasteiger partial charge in [0, 0.05) is 68.1 Å². The van der Waals surface area contributed by atoms with E-state index in [2.05, 4.69) is 25.1 Å². The zero-order valence-electron chi connectivity index (χ0n) is 23.9. The molecule has 6 rings (SSSR count). The number of piperazine rings is 1.